The Hall–Kier alpha value is -2.50. The van der Waals surface area contributed by atoms with E-state index in [0.717, 1.165) is 12.8 Å². The van der Waals surface area contributed by atoms with Gasteiger partial charge in [-0.1, -0.05) is 12.5 Å². The molecule has 1 saturated heterocycles. The number of hydrogen-bond donors (Lipinski definition) is 2. The number of nitrogens with one attached hydrogen (secondary N) is 2. The molecule has 1 aromatic carbocycles. The predicted octanol–water partition coefficient (Wildman–Crippen LogP) is 0.886. The molecule has 0 bridgehead atoms. The molecule has 2 N–H and O–H groups in total. The molecular weight excluding hydrogens is 426 g/mol. The van der Waals surface area contributed by atoms with Gasteiger partial charge < -0.3 is 20.1 Å². The van der Waals surface area contributed by atoms with Crippen molar-refractivity contribution >= 4 is 33.5 Å². The fourth-order valence-corrected chi connectivity index (χ4v) is 4.38. The second-order valence-corrected chi connectivity index (χ2v) is 8.98. The quantitative estimate of drug-likeness (QED) is 0.374. The molecule has 31 heavy (non-hydrogen) atoms. The zero-order valence-electron chi connectivity index (χ0n) is 17.6. The van der Waals surface area contributed by atoms with Crippen LogP contribution in [-0.2, 0) is 33.9 Å². The van der Waals surface area contributed by atoms with E-state index in [9.17, 15) is 22.8 Å². The molecule has 0 saturated carbocycles. The number of amides is 2. The standard InChI is InChI=1S/C20H29N3O7S/c1-16(24)21-9-4-2-3-8-20(26)30-15-19(25)22-17-6-5-7-18(14-17)31(27,28)23-10-12-29-13-11-23/h5-7,14H,2-4,8-13,15H2,1H3,(H,21,24)(H,22,25). The van der Waals surface area contributed by atoms with Crippen molar-refractivity contribution in [3.63, 3.8) is 0 Å². The monoisotopic (exact) mass is 455 g/mol. The number of rotatable bonds is 11. The van der Waals surface area contributed by atoms with Crippen LogP contribution in [0.15, 0.2) is 29.2 Å². The van der Waals surface area contributed by atoms with E-state index in [2.05, 4.69) is 10.6 Å². The summed E-state index contributed by atoms with van der Waals surface area (Å²) in [5.41, 5.74) is 0.299. The van der Waals surface area contributed by atoms with Crippen molar-refractivity contribution in [1.82, 2.24) is 9.62 Å². The van der Waals surface area contributed by atoms with Crippen molar-refractivity contribution in [3.8, 4) is 0 Å². The van der Waals surface area contributed by atoms with Gasteiger partial charge in [-0.15, -0.1) is 0 Å². The molecule has 0 atom stereocenters. The Morgan fingerprint density at radius 2 is 1.87 bits per heavy atom. The summed E-state index contributed by atoms with van der Waals surface area (Å²) in [5.74, 6) is -1.13. The molecule has 0 spiro atoms. The lowest BCUT2D eigenvalue weighted by Crippen LogP contribution is -2.40. The molecule has 0 aromatic heterocycles. The first-order valence-electron chi connectivity index (χ1n) is 10.2. The summed E-state index contributed by atoms with van der Waals surface area (Å²) in [6, 6.07) is 5.94. The van der Waals surface area contributed by atoms with E-state index in [4.69, 9.17) is 9.47 Å². The third-order valence-electron chi connectivity index (χ3n) is 4.52. The molecule has 1 aliphatic rings. The van der Waals surface area contributed by atoms with Crippen LogP contribution in [0.25, 0.3) is 0 Å². The minimum Gasteiger partial charge on any atom is -0.456 e. The molecule has 2 rings (SSSR count). The topological polar surface area (TPSA) is 131 Å². The lowest BCUT2D eigenvalue weighted by Gasteiger charge is -2.26. The lowest BCUT2D eigenvalue weighted by molar-refractivity contribution is -0.147. The van der Waals surface area contributed by atoms with E-state index >= 15 is 0 Å². The number of ether oxygens (including phenoxy) is 2. The van der Waals surface area contributed by atoms with Crippen molar-refractivity contribution < 1.29 is 32.3 Å². The maximum absolute atomic E-state index is 12.7. The first-order chi connectivity index (χ1) is 14.8. The van der Waals surface area contributed by atoms with Crippen LogP contribution in [0.2, 0.25) is 0 Å². The molecule has 2 amide bonds. The second-order valence-electron chi connectivity index (χ2n) is 7.05. The third kappa shape index (κ3) is 8.64. The van der Waals surface area contributed by atoms with E-state index in [0.29, 0.717) is 31.9 Å². The van der Waals surface area contributed by atoms with E-state index in [-0.39, 0.29) is 30.3 Å². The molecule has 0 unspecified atom stereocenters. The number of benzene rings is 1. The van der Waals surface area contributed by atoms with Gasteiger partial charge in [0.2, 0.25) is 15.9 Å². The minimum absolute atomic E-state index is 0.0726. The summed E-state index contributed by atoms with van der Waals surface area (Å²) in [6.45, 7) is 2.80. The zero-order chi connectivity index (χ0) is 22.7. The number of carbonyl (C=O) groups is 3. The number of nitrogens with zero attached hydrogens (tertiary/aromatic N) is 1. The van der Waals surface area contributed by atoms with Crippen LogP contribution in [0.3, 0.4) is 0 Å². The highest BCUT2D eigenvalue weighted by atomic mass is 32.2. The number of hydrogen-bond acceptors (Lipinski definition) is 7. The summed E-state index contributed by atoms with van der Waals surface area (Å²) >= 11 is 0. The van der Waals surface area contributed by atoms with Gasteiger partial charge in [0.25, 0.3) is 5.91 Å². The van der Waals surface area contributed by atoms with Crippen molar-refractivity contribution in [3.05, 3.63) is 24.3 Å². The Labute approximate surface area is 182 Å². The van der Waals surface area contributed by atoms with Crippen LogP contribution in [0.5, 0.6) is 0 Å². The molecule has 1 heterocycles. The van der Waals surface area contributed by atoms with Crippen molar-refractivity contribution in [2.24, 2.45) is 0 Å². The van der Waals surface area contributed by atoms with Crippen LogP contribution in [0.1, 0.15) is 32.6 Å². The smallest absolute Gasteiger partial charge is 0.306 e. The largest absolute Gasteiger partial charge is 0.456 e. The number of anilines is 1. The van der Waals surface area contributed by atoms with Gasteiger partial charge in [0.15, 0.2) is 6.61 Å². The van der Waals surface area contributed by atoms with Crippen LogP contribution >= 0.6 is 0 Å². The molecule has 172 valence electrons. The normalized spacial score (nSPS) is 14.6. The molecular formula is C20H29N3O7S. The molecule has 11 heteroatoms. The number of esters is 1. The highest BCUT2D eigenvalue weighted by molar-refractivity contribution is 7.89. The summed E-state index contributed by atoms with van der Waals surface area (Å²) in [4.78, 5) is 34.6. The van der Waals surface area contributed by atoms with Crippen molar-refractivity contribution in [2.45, 2.75) is 37.5 Å². The predicted molar refractivity (Wildman–Crippen MR) is 113 cm³/mol. The van der Waals surface area contributed by atoms with Gasteiger partial charge in [0.1, 0.15) is 0 Å². The SMILES string of the molecule is CC(=O)NCCCCCC(=O)OCC(=O)Nc1cccc(S(=O)(=O)N2CCOCC2)c1. The molecule has 1 aliphatic heterocycles. The Morgan fingerprint density at radius 3 is 2.58 bits per heavy atom. The highest BCUT2D eigenvalue weighted by Crippen LogP contribution is 2.20. The van der Waals surface area contributed by atoms with Crippen molar-refractivity contribution in [2.75, 3.05) is 44.8 Å². The van der Waals surface area contributed by atoms with Gasteiger partial charge >= 0.3 is 5.97 Å². The van der Waals surface area contributed by atoms with E-state index < -0.39 is 28.5 Å². The van der Waals surface area contributed by atoms with Crippen LogP contribution < -0.4 is 10.6 Å². The summed E-state index contributed by atoms with van der Waals surface area (Å²) in [5, 5.41) is 5.22. The molecule has 1 fully saturated rings. The van der Waals surface area contributed by atoms with E-state index in [1.165, 1.54) is 29.4 Å². The van der Waals surface area contributed by atoms with Gasteiger partial charge in [-0.25, -0.2) is 8.42 Å². The average molecular weight is 456 g/mol. The van der Waals surface area contributed by atoms with Crippen LogP contribution in [-0.4, -0.2) is 70.0 Å². The summed E-state index contributed by atoms with van der Waals surface area (Å²) < 4.78 is 36.9. The Bertz CT molecular complexity index is 867. The highest BCUT2D eigenvalue weighted by Gasteiger charge is 2.26. The molecule has 1 aromatic rings. The lowest BCUT2D eigenvalue weighted by atomic mass is 10.2. The molecule has 0 aliphatic carbocycles. The number of sulfonamides is 1. The van der Waals surface area contributed by atoms with E-state index in [1.807, 2.05) is 0 Å². The average Bonchev–Trinajstić information content (AvgIpc) is 2.75. The van der Waals surface area contributed by atoms with E-state index in [1.54, 1.807) is 6.07 Å². The fourth-order valence-electron chi connectivity index (χ4n) is 2.92. The number of unbranched alkanes of at least 4 members (excludes halogenated alkanes) is 2. The summed E-state index contributed by atoms with van der Waals surface area (Å²) in [6.07, 6.45) is 2.30. The van der Waals surface area contributed by atoms with Gasteiger partial charge in [-0.2, -0.15) is 4.31 Å². The van der Waals surface area contributed by atoms with Gasteiger partial charge in [-0.05, 0) is 31.0 Å². The first kappa shape index (κ1) is 24.8. The van der Waals surface area contributed by atoms with Gasteiger partial charge in [0.05, 0.1) is 18.1 Å². The van der Waals surface area contributed by atoms with Gasteiger partial charge in [-0.3, -0.25) is 14.4 Å². The maximum Gasteiger partial charge on any atom is 0.306 e. The zero-order valence-corrected chi connectivity index (χ0v) is 18.4. The Morgan fingerprint density at radius 1 is 1.13 bits per heavy atom. The first-order valence-corrected chi connectivity index (χ1v) is 11.6. The van der Waals surface area contributed by atoms with Gasteiger partial charge in [0, 0.05) is 38.7 Å². The second kappa shape index (κ2) is 12.4. The van der Waals surface area contributed by atoms with Crippen LogP contribution in [0.4, 0.5) is 5.69 Å². The number of carbonyl (C=O) groups excluding carboxylic acids is 3. The Kier molecular flexibility index (Phi) is 9.89. The fraction of sp³-hybridized carbons (Fsp3) is 0.550. The number of morpholine rings is 1. The maximum atomic E-state index is 12.7. The van der Waals surface area contributed by atoms with Crippen LogP contribution in [0, 0.1) is 0 Å². The van der Waals surface area contributed by atoms with Crippen molar-refractivity contribution in [1.29, 1.82) is 0 Å². The Balaban J connectivity index is 1.75. The summed E-state index contributed by atoms with van der Waals surface area (Å²) in [7, 11) is -3.67. The molecule has 0 radical (unpaired) electrons. The third-order valence-corrected chi connectivity index (χ3v) is 6.42. The minimum atomic E-state index is -3.67. The molecule has 10 nitrogen and oxygen atoms in total.